The highest BCUT2D eigenvalue weighted by Gasteiger charge is 2.20. The number of hydrogen-bond donors (Lipinski definition) is 3. The fraction of sp³-hybridized carbons (Fsp3) is 0.846. The lowest BCUT2D eigenvalue weighted by Gasteiger charge is -2.28. The predicted octanol–water partition coefficient (Wildman–Crippen LogP) is 3.93. The Labute approximate surface area is 119 Å². The van der Waals surface area contributed by atoms with Crippen LogP contribution in [0.2, 0.25) is 0 Å². The third-order valence-corrected chi connectivity index (χ3v) is 5.22. The van der Waals surface area contributed by atoms with Gasteiger partial charge in [-0.3, -0.25) is 10.8 Å². The van der Waals surface area contributed by atoms with Gasteiger partial charge >= 0.3 is 0 Å². The van der Waals surface area contributed by atoms with Crippen LogP contribution in [0.15, 0.2) is 0 Å². The minimum Gasteiger partial charge on any atom is -0.379 e. The molecule has 0 bridgehead atoms. The van der Waals surface area contributed by atoms with E-state index < -0.39 is 0 Å². The molecule has 0 saturated heterocycles. The maximum absolute atomic E-state index is 7.39. The third-order valence-electron chi connectivity index (χ3n) is 3.59. The zero-order valence-electron chi connectivity index (χ0n) is 11.2. The molecule has 18 heavy (non-hydrogen) atoms. The number of nitrogens with two attached hydrogens (primary N) is 1. The van der Waals surface area contributed by atoms with Crippen molar-refractivity contribution in [1.82, 2.24) is 0 Å². The molecule has 0 atom stereocenters. The molecule has 1 rings (SSSR count). The first-order valence-electron chi connectivity index (χ1n) is 6.72. The van der Waals surface area contributed by atoms with Crippen molar-refractivity contribution in [3.63, 3.8) is 0 Å². The summed E-state index contributed by atoms with van der Waals surface area (Å²) in [6.07, 6.45) is 7.88. The van der Waals surface area contributed by atoms with E-state index in [-0.39, 0.29) is 5.17 Å². The summed E-state index contributed by atoms with van der Waals surface area (Å²) in [6.45, 7) is 1.87. The van der Waals surface area contributed by atoms with E-state index in [2.05, 4.69) is 0 Å². The van der Waals surface area contributed by atoms with Crippen LogP contribution in [0, 0.1) is 22.7 Å². The van der Waals surface area contributed by atoms with Crippen molar-refractivity contribution in [1.29, 1.82) is 10.8 Å². The van der Waals surface area contributed by atoms with Gasteiger partial charge in [-0.25, -0.2) is 0 Å². The van der Waals surface area contributed by atoms with Crippen LogP contribution < -0.4 is 5.73 Å². The highest BCUT2D eigenvalue weighted by molar-refractivity contribution is 8.13. The van der Waals surface area contributed by atoms with Crippen molar-refractivity contribution in [3.05, 3.63) is 0 Å². The van der Waals surface area contributed by atoms with Gasteiger partial charge in [-0.15, -0.1) is 11.8 Å². The minimum absolute atomic E-state index is 0.253. The zero-order valence-corrected chi connectivity index (χ0v) is 12.8. The van der Waals surface area contributed by atoms with Gasteiger partial charge in [-0.1, -0.05) is 37.4 Å². The van der Waals surface area contributed by atoms with Crippen LogP contribution in [-0.4, -0.2) is 21.7 Å². The van der Waals surface area contributed by atoms with Crippen molar-refractivity contribution >= 4 is 33.7 Å². The van der Waals surface area contributed by atoms with Crippen molar-refractivity contribution in [2.45, 2.75) is 45.4 Å². The van der Waals surface area contributed by atoms with E-state index in [1.165, 1.54) is 50.3 Å². The smallest absolute Gasteiger partial charge is 0.151 e. The van der Waals surface area contributed by atoms with Crippen LogP contribution in [-0.2, 0) is 0 Å². The second kappa shape index (κ2) is 8.86. The summed E-state index contributed by atoms with van der Waals surface area (Å²) in [5, 5.41) is 15.6. The van der Waals surface area contributed by atoms with Crippen LogP contribution in [0.3, 0.4) is 0 Å². The van der Waals surface area contributed by atoms with Crippen molar-refractivity contribution in [3.8, 4) is 0 Å². The first-order chi connectivity index (χ1) is 8.58. The van der Waals surface area contributed by atoms with Gasteiger partial charge < -0.3 is 5.73 Å². The molecular weight excluding hydrogens is 262 g/mol. The largest absolute Gasteiger partial charge is 0.379 e. The average molecular weight is 287 g/mol. The van der Waals surface area contributed by atoms with E-state index >= 15 is 0 Å². The van der Waals surface area contributed by atoms with E-state index in [4.69, 9.17) is 16.6 Å². The van der Waals surface area contributed by atoms with Crippen LogP contribution >= 0.6 is 23.5 Å². The lowest BCUT2D eigenvalue weighted by atomic mass is 9.80. The SMILES string of the molecule is CC(=N)SCC[C@H]1CC[C@@H](CCSC(=N)N)CC1. The van der Waals surface area contributed by atoms with Crippen molar-refractivity contribution < 1.29 is 0 Å². The molecule has 5 heteroatoms. The Kier molecular flexibility index (Phi) is 7.82. The Hall–Kier alpha value is -0.160. The molecule has 1 aliphatic rings. The Morgan fingerprint density at radius 3 is 1.83 bits per heavy atom. The number of rotatable bonds is 6. The first kappa shape index (κ1) is 15.9. The molecule has 1 fully saturated rings. The van der Waals surface area contributed by atoms with Crippen LogP contribution in [0.1, 0.15) is 45.4 Å². The van der Waals surface area contributed by atoms with Crippen molar-refractivity contribution in [2.75, 3.05) is 11.5 Å². The second-order valence-electron chi connectivity index (χ2n) is 5.08. The summed E-state index contributed by atoms with van der Waals surface area (Å²) in [7, 11) is 0. The molecule has 0 unspecified atom stereocenters. The molecule has 4 N–H and O–H groups in total. The maximum Gasteiger partial charge on any atom is 0.151 e. The Balaban J connectivity index is 2.05. The fourth-order valence-corrected chi connectivity index (χ4v) is 3.95. The topological polar surface area (TPSA) is 73.7 Å². The van der Waals surface area contributed by atoms with Crippen LogP contribution in [0.4, 0.5) is 0 Å². The molecule has 0 aliphatic heterocycles. The van der Waals surface area contributed by atoms with Crippen molar-refractivity contribution in [2.24, 2.45) is 17.6 Å². The molecule has 1 aliphatic carbocycles. The molecule has 1 saturated carbocycles. The summed E-state index contributed by atoms with van der Waals surface area (Å²) in [5.74, 6) is 3.86. The fourth-order valence-electron chi connectivity index (χ4n) is 2.52. The van der Waals surface area contributed by atoms with Gasteiger partial charge in [0.05, 0.1) is 5.04 Å². The molecule has 0 aromatic carbocycles. The minimum atomic E-state index is 0.253. The molecule has 3 nitrogen and oxygen atoms in total. The summed E-state index contributed by atoms with van der Waals surface area (Å²) >= 11 is 3.16. The third kappa shape index (κ3) is 7.31. The number of nitrogens with one attached hydrogen (secondary N) is 2. The van der Waals surface area contributed by atoms with E-state index in [0.29, 0.717) is 0 Å². The summed E-state index contributed by atoms with van der Waals surface area (Å²) in [6, 6.07) is 0. The zero-order chi connectivity index (χ0) is 13.4. The molecular formula is C13H25N3S2. The molecule has 104 valence electrons. The van der Waals surface area contributed by atoms with E-state index in [1.807, 2.05) is 6.92 Å². The normalized spacial score (nSPS) is 23.8. The van der Waals surface area contributed by atoms with Gasteiger partial charge in [-0.2, -0.15) is 0 Å². The molecule has 0 aromatic heterocycles. The van der Waals surface area contributed by atoms with Crippen LogP contribution in [0.25, 0.3) is 0 Å². The van der Waals surface area contributed by atoms with E-state index in [0.717, 1.165) is 28.4 Å². The number of amidine groups is 1. The standard InChI is InChI=1S/C13H25N3S2/c1-10(14)17-8-6-11-2-4-12(5-3-11)7-9-18-13(15)16/h11-12,14H,2-9H2,1H3,(H3,15,16)/t11-,12+. The predicted molar refractivity (Wildman–Crippen MR) is 84.9 cm³/mol. The molecule has 0 radical (unpaired) electrons. The molecule has 0 heterocycles. The molecule has 0 amide bonds. The van der Waals surface area contributed by atoms with Gasteiger partial charge in [0.25, 0.3) is 0 Å². The highest BCUT2D eigenvalue weighted by atomic mass is 32.2. The average Bonchev–Trinajstić information content (AvgIpc) is 2.30. The van der Waals surface area contributed by atoms with Crippen LogP contribution in [0.5, 0.6) is 0 Å². The monoisotopic (exact) mass is 287 g/mol. The summed E-state index contributed by atoms with van der Waals surface area (Å²) < 4.78 is 0. The van der Waals surface area contributed by atoms with E-state index in [1.54, 1.807) is 11.8 Å². The Morgan fingerprint density at radius 1 is 1.00 bits per heavy atom. The first-order valence-corrected chi connectivity index (χ1v) is 8.69. The lowest BCUT2D eigenvalue weighted by molar-refractivity contribution is 0.266. The Morgan fingerprint density at radius 2 is 1.44 bits per heavy atom. The van der Waals surface area contributed by atoms with Gasteiger partial charge in [-0.05, 0) is 37.4 Å². The van der Waals surface area contributed by atoms with E-state index in [9.17, 15) is 0 Å². The van der Waals surface area contributed by atoms with Gasteiger partial charge in [0.1, 0.15) is 0 Å². The second-order valence-corrected chi connectivity index (χ2v) is 7.53. The van der Waals surface area contributed by atoms with Gasteiger partial charge in [0.2, 0.25) is 0 Å². The number of hydrogen-bond acceptors (Lipinski definition) is 4. The quantitative estimate of drug-likeness (QED) is 0.512. The highest BCUT2D eigenvalue weighted by Crippen LogP contribution is 2.33. The van der Waals surface area contributed by atoms with Gasteiger partial charge in [0.15, 0.2) is 5.17 Å². The maximum atomic E-state index is 7.39. The van der Waals surface area contributed by atoms with Gasteiger partial charge in [0, 0.05) is 5.75 Å². The Bertz CT molecular complexity index is 245. The molecule has 0 aromatic rings. The lowest BCUT2D eigenvalue weighted by Crippen LogP contribution is -2.16. The number of thioether (sulfide) groups is 2. The summed E-state index contributed by atoms with van der Waals surface area (Å²) in [5.41, 5.74) is 5.34. The summed E-state index contributed by atoms with van der Waals surface area (Å²) in [4.78, 5) is 0. The molecule has 0 spiro atoms.